The number of benzene rings is 1. The van der Waals surface area contributed by atoms with Gasteiger partial charge in [0.1, 0.15) is 12.4 Å². The molecular formula is C36H47ClN8O2. The topological polar surface area (TPSA) is 82.9 Å². The Hall–Kier alpha value is -3.21. The van der Waals surface area contributed by atoms with E-state index in [9.17, 15) is 4.79 Å². The zero-order valence-corrected chi connectivity index (χ0v) is 29.0. The molecule has 3 atom stereocenters. The van der Waals surface area contributed by atoms with E-state index >= 15 is 0 Å². The first-order valence-electron chi connectivity index (χ1n) is 17.5. The summed E-state index contributed by atoms with van der Waals surface area (Å²) in [5.41, 5.74) is 6.29. The molecule has 10 nitrogen and oxygen atoms in total. The zero-order chi connectivity index (χ0) is 32.5. The summed E-state index contributed by atoms with van der Waals surface area (Å²) >= 11 is 6.91. The Morgan fingerprint density at radius 3 is 2.79 bits per heavy atom. The van der Waals surface area contributed by atoms with Gasteiger partial charge in [0.05, 0.1) is 34.0 Å². The van der Waals surface area contributed by atoms with Gasteiger partial charge in [-0.15, -0.1) is 0 Å². The van der Waals surface area contributed by atoms with Crippen LogP contribution in [-0.4, -0.2) is 93.3 Å². The predicted molar refractivity (Wildman–Crippen MR) is 182 cm³/mol. The monoisotopic (exact) mass is 658 g/mol. The Labute approximate surface area is 283 Å². The molecule has 2 fully saturated rings. The van der Waals surface area contributed by atoms with Gasteiger partial charge in [-0.3, -0.25) is 19.3 Å². The number of carbonyl (C=O) groups is 1. The van der Waals surface area contributed by atoms with Crippen molar-refractivity contribution >= 4 is 23.3 Å². The molecule has 1 aromatic carbocycles. The van der Waals surface area contributed by atoms with Crippen LogP contribution in [-0.2, 0) is 38.0 Å². The fraction of sp³-hybridized carbons (Fsp3) is 0.611. The molecule has 0 radical (unpaired) electrons. The maximum atomic E-state index is 12.9. The molecule has 0 saturated carbocycles. The number of aryl methyl sites for hydroxylation is 2. The lowest BCUT2D eigenvalue weighted by Crippen LogP contribution is -2.51. The number of nitrogens with zero attached hydrogens (tertiary/aromatic N) is 8. The molecule has 1 aliphatic carbocycles. The lowest BCUT2D eigenvalue weighted by molar-refractivity contribution is 0.0714. The number of rotatable bonds is 5. The van der Waals surface area contributed by atoms with E-state index in [1.54, 1.807) is 14.1 Å². The van der Waals surface area contributed by atoms with Crippen molar-refractivity contribution in [3.8, 4) is 6.01 Å². The van der Waals surface area contributed by atoms with Crippen LogP contribution >= 0.6 is 11.6 Å². The van der Waals surface area contributed by atoms with Crippen LogP contribution in [0.25, 0.3) is 0 Å². The first kappa shape index (κ1) is 31.1. The van der Waals surface area contributed by atoms with Crippen LogP contribution < -0.4 is 9.64 Å². The van der Waals surface area contributed by atoms with Gasteiger partial charge in [0.25, 0.3) is 5.91 Å². The number of fused-ring (bicyclic) bond motifs is 5. The van der Waals surface area contributed by atoms with Crippen LogP contribution in [0.15, 0.2) is 24.3 Å². The van der Waals surface area contributed by atoms with Gasteiger partial charge in [0, 0.05) is 52.3 Å². The quantitative estimate of drug-likeness (QED) is 0.383. The molecule has 4 aliphatic heterocycles. The van der Waals surface area contributed by atoms with E-state index in [2.05, 4.69) is 58.0 Å². The van der Waals surface area contributed by atoms with E-state index in [0.29, 0.717) is 42.3 Å². The number of halogens is 1. The maximum Gasteiger partial charge on any atom is 0.318 e. The first-order valence-corrected chi connectivity index (χ1v) is 17.8. The van der Waals surface area contributed by atoms with Crippen LogP contribution in [0.4, 0.5) is 5.82 Å². The fourth-order valence-electron chi connectivity index (χ4n) is 9.44. The summed E-state index contributed by atoms with van der Waals surface area (Å²) in [4.78, 5) is 32.4. The smallest absolute Gasteiger partial charge is 0.318 e. The molecule has 47 heavy (non-hydrogen) atoms. The van der Waals surface area contributed by atoms with Crippen LogP contribution in [0.2, 0.25) is 5.02 Å². The number of ether oxygens (including phenoxy) is 1. The Kier molecular flexibility index (Phi) is 7.76. The van der Waals surface area contributed by atoms with Crippen molar-refractivity contribution < 1.29 is 9.53 Å². The van der Waals surface area contributed by atoms with Crippen molar-refractivity contribution in [1.82, 2.24) is 34.4 Å². The minimum atomic E-state index is -0.182. The summed E-state index contributed by atoms with van der Waals surface area (Å²) in [5.74, 6) is 1.41. The van der Waals surface area contributed by atoms with E-state index in [4.69, 9.17) is 26.3 Å². The molecule has 6 heterocycles. The second-order valence-corrected chi connectivity index (χ2v) is 15.4. The average molecular weight is 659 g/mol. The van der Waals surface area contributed by atoms with Gasteiger partial charge in [-0.25, -0.2) is 0 Å². The summed E-state index contributed by atoms with van der Waals surface area (Å²) in [7, 11) is 5.73. The lowest BCUT2D eigenvalue weighted by atomic mass is 9.71. The number of likely N-dealkylation sites (N-methyl/N-ethyl adjacent to an activating group) is 1. The van der Waals surface area contributed by atoms with Gasteiger partial charge in [0.2, 0.25) is 0 Å². The molecule has 3 aromatic rings. The number of amides is 1. The Morgan fingerprint density at radius 1 is 1.09 bits per heavy atom. The highest BCUT2D eigenvalue weighted by Crippen LogP contribution is 2.48. The molecule has 250 valence electrons. The molecule has 2 saturated heterocycles. The number of aromatic nitrogens is 4. The first-order chi connectivity index (χ1) is 22.7. The highest BCUT2D eigenvalue weighted by molar-refractivity contribution is 6.34. The Morgan fingerprint density at radius 2 is 1.94 bits per heavy atom. The fourth-order valence-corrected chi connectivity index (χ4v) is 9.72. The van der Waals surface area contributed by atoms with Gasteiger partial charge in [0.15, 0.2) is 5.69 Å². The van der Waals surface area contributed by atoms with Crippen molar-refractivity contribution in [2.45, 2.75) is 89.0 Å². The van der Waals surface area contributed by atoms with E-state index in [1.165, 1.54) is 28.9 Å². The number of anilines is 1. The van der Waals surface area contributed by atoms with Crippen molar-refractivity contribution in [3.05, 3.63) is 63.1 Å². The molecule has 0 unspecified atom stereocenters. The summed E-state index contributed by atoms with van der Waals surface area (Å²) in [6.45, 7) is 8.04. The van der Waals surface area contributed by atoms with Crippen molar-refractivity contribution in [3.63, 3.8) is 0 Å². The third-order valence-electron chi connectivity index (χ3n) is 11.7. The van der Waals surface area contributed by atoms with E-state index < -0.39 is 0 Å². The predicted octanol–water partition coefficient (Wildman–Crippen LogP) is 4.91. The molecule has 1 amide bonds. The SMILES string of the molecule is C[C@H]1CN2CCC[C@@]2(COc2nc3c(c(N4CCCn5nc(C(=O)N(C)C)c(Cl)c5C4)n2)CN(C)[C@@]2(CCCc4ccccc42)C3)C1. The summed E-state index contributed by atoms with van der Waals surface area (Å²) in [6, 6.07) is 9.46. The standard InChI is InChI=1S/C36H47ClN8O2/c1-24-18-35(13-8-16-44(35)20-24)23-47-34-38-28-19-36(14-7-11-25-10-5-6-12-27(25)36)42(4)21-26(28)32(39-34)43-15-9-17-45-29(22-43)30(37)31(40-45)33(46)41(2)3/h5-6,10,12,24H,7-9,11,13-23H2,1-4H3/t24-,35+,36+/m1/s1. The van der Waals surface area contributed by atoms with Crippen molar-refractivity contribution in [1.29, 1.82) is 0 Å². The molecule has 5 aliphatic rings. The second kappa shape index (κ2) is 11.7. The third-order valence-corrected chi connectivity index (χ3v) is 12.1. The molecule has 1 spiro atoms. The van der Waals surface area contributed by atoms with E-state index in [0.717, 1.165) is 87.5 Å². The molecule has 2 aromatic heterocycles. The highest BCUT2D eigenvalue weighted by Gasteiger charge is 2.48. The van der Waals surface area contributed by atoms with Crippen LogP contribution in [0, 0.1) is 5.92 Å². The van der Waals surface area contributed by atoms with Crippen molar-refractivity contribution in [2.24, 2.45) is 5.92 Å². The minimum absolute atomic E-state index is 0.0839. The second-order valence-electron chi connectivity index (χ2n) is 15.0. The Balaban J connectivity index is 1.19. The average Bonchev–Trinajstić information content (AvgIpc) is 3.62. The normalized spacial score (nSPS) is 27.3. The van der Waals surface area contributed by atoms with Crippen LogP contribution in [0.5, 0.6) is 6.01 Å². The summed E-state index contributed by atoms with van der Waals surface area (Å²) in [5, 5.41) is 5.09. The molecular weight excluding hydrogens is 612 g/mol. The molecule has 0 N–H and O–H groups in total. The summed E-state index contributed by atoms with van der Waals surface area (Å²) < 4.78 is 8.62. The molecule has 11 heteroatoms. The van der Waals surface area contributed by atoms with E-state index in [1.807, 2.05) is 4.68 Å². The van der Waals surface area contributed by atoms with Gasteiger partial charge in [-0.05, 0) is 75.6 Å². The maximum absolute atomic E-state index is 12.9. The minimum Gasteiger partial charge on any atom is -0.461 e. The van der Waals surface area contributed by atoms with Gasteiger partial charge in [-0.1, -0.05) is 42.8 Å². The van der Waals surface area contributed by atoms with Crippen molar-refractivity contribution in [2.75, 3.05) is 52.3 Å². The molecule has 8 rings (SSSR count). The lowest BCUT2D eigenvalue weighted by Gasteiger charge is -2.49. The van der Waals surface area contributed by atoms with Crippen LogP contribution in [0.3, 0.4) is 0 Å². The van der Waals surface area contributed by atoms with Gasteiger partial charge < -0.3 is 14.5 Å². The number of hydrogen-bond donors (Lipinski definition) is 0. The van der Waals surface area contributed by atoms with E-state index in [-0.39, 0.29) is 17.0 Å². The van der Waals surface area contributed by atoms with Gasteiger partial charge >= 0.3 is 6.01 Å². The molecule has 0 bridgehead atoms. The number of hydrogen-bond acceptors (Lipinski definition) is 8. The highest BCUT2D eigenvalue weighted by atomic mass is 35.5. The summed E-state index contributed by atoms with van der Waals surface area (Å²) in [6.07, 6.45) is 8.63. The van der Waals surface area contributed by atoms with Gasteiger partial charge in [-0.2, -0.15) is 15.1 Å². The third kappa shape index (κ3) is 5.13. The Bertz CT molecular complexity index is 1710. The van der Waals surface area contributed by atoms with Crippen LogP contribution in [0.1, 0.15) is 84.0 Å². The zero-order valence-electron chi connectivity index (χ0n) is 28.3. The number of carbonyl (C=O) groups excluding carboxylic acids is 1. The largest absolute Gasteiger partial charge is 0.461 e.